The van der Waals surface area contributed by atoms with E-state index in [2.05, 4.69) is 45.5 Å². The Morgan fingerprint density at radius 2 is 1.91 bits per heavy atom. The molecule has 4 rings (SSSR count). The second-order valence-electron chi connectivity index (χ2n) is 8.16. The van der Waals surface area contributed by atoms with Gasteiger partial charge in [-0.25, -0.2) is 9.97 Å². The summed E-state index contributed by atoms with van der Waals surface area (Å²) in [5.41, 5.74) is 3.14. The highest BCUT2D eigenvalue weighted by Crippen LogP contribution is 2.29. The lowest BCUT2D eigenvalue weighted by Gasteiger charge is -2.34. The van der Waals surface area contributed by atoms with E-state index in [1.165, 1.54) is 18.4 Å². The van der Waals surface area contributed by atoms with E-state index in [0.29, 0.717) is 22.7 Å². The summed E-state index contributed by atoms with van der Waals surface area (Å²) < 4.78 is 5.33. The molecule has 166 valence electrons. The highest BCUT2D eigenvalue weighted by Gasteiger charge is 2.27. The van der Waals surface area contributed by atoms with Crippen LogP contribution in [0.3, 0.4) is 0 Å². The Kier molecular flexibility index (Phi) is 7.12. The SMILES string of the molecule is COc1ccccc1NC(=O)c1cnc([C@@H]2CCCCN2CCc2ccccc2)nc1C. The van der Waals surface area contributed by atoms with Crippen LogP contribution >= 0.6 is 0 Å². The number of nitrogens with zero attached hydrogens (tertiary/aromatic N) is 3. The molecule has 6 heteroatoms. The van der Waals surface area contributed by atoms with Gasteiger partial charge in [0.25, 0.3) is 5.91 Å². The number of methoxy groups -OCH3 is 1. The van der Waals surface area contributed by atoms with Crippen molar-refractivity contribution in [3.63, 3.8) is 0 Å². The van der Waals surface area contributed by atoms with Crippen molar-refractivity contribution in [2.24, 2.45) is 0 Å². The maximum absolute atomic E-state index is 12.9. The molecule has 0 radical (unpaired) electrons. The van der Waals surface area contributed by atoms with Gasteiger partial charge in [-0.3, -0.25) is 9.69 Å². The van der Waals surface area contributed by atoms with Crippen LogP contribution in [0.1, 0.15) is 52.7 Å². The minimum absolute atomic E-state index is 0.192. The van der Waals surface area contributed by atoms with Crippen molar-refractivity contribution < 1.29 is 9.53 Å². The Bertz CT molecular complexity index is 1050. The van der Waals surface area contributed by atoms with Crippen LogP contribution in [0.5, 0.6) is 5.75 Å². The maximum Gasteiger partial charge on any atom is 0.259 e. The number of carbonyl (C=O) groups is 1. The number of ether oxygens (including phenoxy) is 1. The van der Waals surface area contributed by atoms with E-state index in [0.717, 1.165) is 31.8 Å². The van der Waals surface area contributed by atoms with Crippen molar-refractivity contribution in [3.05, 3.63) is 83.4 Å². The number of aryl methyl sites for hydroxylation is 1. The molecule has 32 heavy (non-hydrogen) atoms. The highest BCUT2D eigenvalue weighted by molar-refractivity contribution is 6.05. The van der Waals surface area contributed by atoms with E-state index < -0.39 is 0 Å². The largest absolute Gasteiger partial charge is 0.495 e. The summed E-state index contributed by atoms with van der Waals surface area (Å²) in [4.78, 5) is 24.7. The summed E-state index contributed by atoms with van der Waals surface area (Å²) in [6, 6.07) is 18.1. The van der Waals surface area contributed by atoms with Gasteiger partial charge in [0, 0.05) is 12.7 Å². The molecule has 0 unspecified atom stereocenters. The molecule has 1 aliphatic rings. The zero-order valence-corrected chi connectivity index (χ0v) is 18.8. The quantitative estimate of drug-likeness (QED) is 0.582. The van der Waals surface area contributed by atoms with Gasteiger partial charge in [0.2, 0.25) is 0 Å². The zero-order chi connectivity index (χ0) is 22.3. The number of carbonyl (C=O) groups excluding carboxylic acids is 1. The molecule has 0 spiro atoms. The van der Waals surface area contributed by atoms with E-state index in [-0.39, 0.29) is 11.9 Å². The first kappa shape index (κ1) is 22.0. The Hall–Kier alpha value is -3.25. The second kappa shape index (κ2) is 10.4. The number of piperidine rings is 1. The molecule has 2 aromatic carbocycles. The van der Waals surface area contributed by atoms with Crippen molar-refractivity contribution in [1.82, 2.24) is 14.9 Å². The fraction of sp³-hybridized carbons (Fsp3) is 0.346. The van der Waals surface area contributed by atoms with Crippen LogP contribution in [-0.4, -0.2) is 41.0 Å². The summed E-state index contributed by atoms with van der Waals surface area (Å²) in [6.45, 7) is 3.91. The van der Waals surface area contributed by atoms with Gasteiger partial charge in [-0.2, -0.15) is 0 Å². The van der Waals surface area contributed by atoms with Gasteiger partial charge in [-0.15, -0.1) is 0 Å². The third kappa shape index (κ3) is 5.14. The highest BCUT2D eigenvalue weighted by atomic mass is 16.5. The average Bonchev–Trinajstić information content (AvgIpc) is 2.84. The van der Waals surface area contributed by atoms with Gasteiger partial charge in [-0.05, 0) is 50.4 Å². The van der Waals surface area contributed by atoms with Gasteiger partial charge in [0.1, 0.15) is 11.6 Å². The van der Waals surface area contributed by atoms with Crippen LogP contribution < -0.4 is 10.1 Å². The van der Waals surface area contributed by atoms with E-state index >= 15 is 0 Å². The van der Waals surface area contributed by atoms with Gasteiger partial charge in [-0.1, -0.05) is 48.9 Å². The topological polar surface area (TPSA) is 67.3 Å². The van der Waals surface area contributed by atoms with Crippen molar-refractivity contribution in [3.8, 4) is 5.75 Å². The number of hydrogen-bond donors (Lipinski definition) is 1. The molecule has 2 heterocycles. The summed E-state index contributed by atoms with van der Waals surface area (Å²) in [5, 5.41) is 2.91. The van der Waals surface area contributed by atoms with Crippen LogP contribution in [0, 0.1) is 6.92 Å². The number of benzene rings is 2. The fourth-order valence-corrected chi connectivity index (χ4v) is 4.27. The maximum atomic E-state index is 12.9. The van der Waals surface area contributed by atoms with Gasteiger partial charge in [0.05, 0.1) is 30.1 Å². The molecule has 1 aromatic heterocycles. The zero-order valence-electron chi connectivity index (χ0n) is 18.8. The number of para-hydroxylation sites is 2. The van der Waals surface area contributed by atoms with Gasteiger partial charge in [0.15, 0.2) is 0 Å². The standard InChI is InChI=1S/C26H30N4O2/c1-19-21(26(31)29-22-12-6-7-14-24(22)32-2)18-27-25(28-19)23-13-8-9-16-30(23)17-15-20-10-4-3-5-11-20/h3-7,10-12,14,18,23H,8-9,13,15-17H2,1-2H3,(H,29,31)/t23-/m0/s1. The molecule has 0 bridgehead atoms. The lowest BCUT2D eigenvalue weighted by atomic mass is 10.00. The van der Waals surface area contributed by atoms with Crippen LogP contribution in [0.25, 0.3) is 0 Å². The minimum Gasteiger partial charge on any atom is -0.495 e. The molecule has 1 atom stereocenters. The number of hydrogen-bond acceptors (Lipinski definition) is 5. The van der Waals surface area contributed by atoms with Crippen molar-refractivity contribution >= 4 is 11.6 Å². The molecule has 0 aliphatic carbocycles. The number of amides is 1. The van der Waals surface area contributed by atoms with Gasteiger partial charge >= 0.3 is 0 Å². The van der Waals surface area contributed by atoms with Crippen LogP contribution in [0.15, 0.2) is 60.8 Å². The number of likely N-dealkylation sites (tertiary alicyclic amines) is 1. The molecular weight excluding hydrogens is 400 g/mol. The number of aromatic nitrogens is 2. The third-order valence-corrected chi connectivity index (χ3v) is 6.04. The Balaban J connectivity index is 1.47. The number of rotatable bonds is 7. The van der Waals surface area contributed by atoms with E-state index in [1.54, 1.807) is 13.3 Å². The first-order valence-electron chi connectivity index (χ1n) is 11.2. The smallest absolute Gasteiger partial charge is 0.259 e. The van der Waals surface area contributed by atoms with Crippen molar-refractivity contribution in [2.45, 2.75) is 38.6 Å². The lowest BCUT2D eigenvalue weighted by molar-refractivity contribution is 0.102. The predicted molar refractivity (Wildman–Crippen MR) is 126 cm³/mol. The van der Waals surface area contributed by atoms with Crippen LogP contribution in [-0.2, 0) is 6.42 Å². The minimum atomic E-state index is -0.233. The molecule has 1 amide bonds. The Morgan fingerprint density at radius 1 is 1.12 bits per heavy atom. The van der Waals surface area contributed by atoms with E-state index in [9.17, 15) is 4.79 Å². The average molecular weight is 431 g/mol. The molecule has 6 nitrogen and oxygen atoms in total. The van der Waals surface area contributed by atoms with Gasteiger partial charge < -0.3 is 10.1 Å². The molecule has 1 saturated heterocycles. The van der Waals surface area contributed by atoms with Crippen molar-refractivity contribution in [1.29, 1.82) is 0 Å². The van der Waals surface area contributed by atoms with Crippen LogP contribution in [0.2, 0.25) is 0 Å². The summed E-state index contributed by atoms with van der Waals surface area (Å²) >= 11 is 0. The first-order valence-corrected chi connectivity index (χ1v) is 11.2. The fourth-order valence-electron chi connectivity index (χ4n) is 4.27. The second-order valence-corrected chi connectivity index (χ2v) is 8.16. The normalized spacial score (nSPS) is 16.5. The number of nitrogens with one attached hydrogen (secondary N) is 1. The molecule has 1 fully saturated rings. The molecule has 1 aliphatic heterocycles. The first-order chi connectivity index (χ1) is 15.7. The molecule has 1 N–H and O–H groups in total. The Labute approximate surface area is 189 Å². The number of anilines is 1. The Morgan fingerprint density at radius 3 is 2.69 bits per heavy atom. The summed E-state index contributed by atoms with van der Waals surface area (Å²) in [5.74, 6) is 1.19. The predicted octanol–water partition coefficient (Wildman–Crippen LogP) is 4.82. The van der Waals surface area contributed by atoms with Crippen LogP contribution in [0.4, 0.5) is 5.69 Å². The third-order valence-electron chi connectivity index (χ3n) is 6.04. The van der Waals surface area contributed by atoms with Crippen molar-refractivity contribution in [2.75, 3.05) is 25.5 Å². The van der Waals surface area contributed by atoms with E-state index in [4.69, 9.17) is 9.72 Å². The molecule has 3 aromatic rings. The monoisotopic (exact) mass is 430 g/mol. The molecular formula is C26H30N4O2. The lowest BCUT2D eigenvalue weighted by Crippen LogP contribution is -2.36. The summed E-state index contributed by atoms with van der Waals surface area (Å²) in [7, 11) is 1.59. The summed E-state index contributed by atoms with van der Waals surface area (Å²) in [6.07, 6.45) is 6.08. The molecule has 0 saturated carbocycles. The van der Waals surface area contributed by atoms with E-state index in [1.807, 2.05) is 31.2 Å².